The molecule has 0 radical (unpaired) electrons. The van der Waals surface area contributed by atoms with Crippen LogP contribution >= 0.6 is 11.3 Å². The van der Waals surface area contributed by atoms with E-state index in [0.717, 1.165) is 17.0 Å². The minimum Gasteiger partial charge on any atom is -0.351 e. The third kappa shape index (κ3) is 3.33. The Morgan fingerprint density at radius 2 is 2.50 bits per heavy atom. The van der Waals surface area contributed by atoms with Crippen molar-refractivity contribution in [2.24, 2.45) is 0 Å². The minimum absolute atomic E-state index is 0.123. The minimum atomic E-state index is -0.327. The lowest BCUT2D eigenvalue weighted by molar-refractivity contribution is -0.117. The summed E-state index contributed by atoms with van der Waals surface area (Å²) in [5, 5.41) is 13.7. The van der Waals surface area contributed by atoms with Gasteiger partial charge in [0, 0.05) is 29.2 Å². The number of nitriles is 1. The van der Waals surface area contributed by atoms with Gasteiger partial charge in [0.1, 0.15) is 11.6 Å². The fourth-order valence-corrected chi connectivity index (χ4v) is 2.41. The number of carbonyl (C=O) groups is 1. The van der Waals surface area contributed by atoms with E-state index in [4.69, 9.17) is 5.26 Å². The maximum absolute atomic E-state index is 11.8. The first-order valence-electron chi connectivity index (χ1n) is 6.21. The number of amides is 1. The van der Waals surface area contributed by atoms with Gasteiger partial charge in [-0.1, -0.05) is 6.92 Å². The smallest absolute Gasteiger partial charge is 0.261 e. The van der Waals surface area contributed by atoms with E-state index in [1.54, 1.807) is 18.6 Å². The van der Waals surface area contributed by atoms with E-state index in [1.807, 2.05) is 35.2 Å². The van der Waals surface area contributed by atoms with Crippen molar-refractivity contribution in [1.82, 2.24) is 14.9 Å². The van der Waals surface area contributed by atoms with Gasteiger partial charge in [0.25, 0.3) is 5.91 Å². The van der Waals surface area contributed by atoms with Crippen LogP contribution < -0.4 is 5.32 Å². The van der Waals surface area contributed by atoms with E-state index < -0.39 is 0 Å². The highest BCUT2D eigenvalue weighted by Gasteiger charge is 2.09. The second kappa shape index (κ2) is 6.68. The highest BCUT2D eigenvalue weighted by molar-refractivity contribution is 7.11. The van der Waals surface area contributed by atoms with Crippen LogP contribution in [0.1, 0.15) is 18.2 Å². The van der Waals surface area contributed by atoms with Gasteiger partial charge < -0.3 is 9.88 Å². The monoisotopic (exact) mass is 286 g/mol. The topological polar surface area (TPSA) is 70.7 Å². The van der Waals surface area contributed by atoms with Crippen molar-refractivity contribution >= 4 is 23.3 Å². The van der Waals surface area contributed by atoms with E-state index in [1.165, 1.54) is 11.3 Å². The molecule has 0 unspecified atom stereocenters. The van der Waals surface area contributed by atoms with Gasteiger partial charge in [-0.25, -0.2) is 4.98 Å². The number of nitrogens with one attached hydrogen (secondary N) is 1. The molecule has 102 valence electrons. The molecule has 0 spiro atoms. The first kappa shape index (κ1) is 14.0. The maximum Gasteiger partial charge on any atom is 0.261 e. The van der Waals surface area contributed by atoms with Crippen molar-refractivity contribution in [3.8, 4) is 11.8 Å². The third-order valence-electron chi connectivity index (χ3n) is 2.60. The van der Waals surface area contributed by atoms with Crippen molar-refractivity contribution in [3.63, 3.8) is 0 Å². The first-order chi connectivity index (χ1) is 9.74. The Kier molecular flexibility index (Phi) is 4.69. The zero-order chi connectivity index (χ0) is 14.4. The molecule has 1 amide bonds. The van der Waals surface area contributed by atoms with Gasteiger partial charge in [-0.2, -0.15) is 5.26 Å². The van der Waals surface area contributed by atoms with Crippen molar-refractivity contribution in [3.05, 3.63) is 40.6 Å². The van der Waals surface area contributed by atoms with Crippen LogP contribution in [-0.2, 0) is 4.79 Å². The Morgan fingerprint density at radius 1 is 1.65 bits per heavy atom. The fraction of sp³-hybridized carbons (Fsp3) is 0.214. The lowest BCUT2D eigenvalue weighted by Crippen LogP contribution is -2.24. The second-order valence-electron chi connectivity index (χ2n) is 4.10. The average molecular weight is 286 g/mol. The van der Waals surface area contributed by atoms with E-state index >= 15 is 0 Å². The summed E-state index contributed by atoms with van der Waals surface area (Å²) in [4.78, 5) is 16.6. The zero-order valence-corrected chi connectivity index (χ0v) is 11.9. The summed E-state index contributed by atoms with van der Waals surface area (Å²) in [6, 6.07) is 3.85. The normalized spacial score (nSPS) is 11.1. The lowest BCUT2D eigenvalue weighted by Gasteiger charge is -2.00. The molecule has 0 aliphatic rings. The molecule has 1 N–H and O–H groups in total. The predicted octanol–water partition coefficient (Wildman–Crippen LogP) is 2.37. The Bertz CT molecular complexity index is 649. The Labute approximate surface area is 121 Å². The molecule has 2 heterocycles. The van der Waals surface area contributed by atoms with Gasteiger partial charge in [-0.05, 0) is 18.6 Å². The molecule has 2 aromatic heterocycles. The van der Waals surface area contributed by atoms with Crippen molar-refractivity contribution in [1.29, 1.82) is 5.26 Å². The van der Waals surface area contributed by atoms with Crippen molar-refractivity contribution in [2.45, 2.75) is 13.3 Å². The SMILES string of the molecule is CCCNC(=O)/C(C#N)=C\c1cc(-n2ccnc2)cs1. The molecule has 2 aromatic rings. The quantitative estimate of drug-likeness (QED) is 0.677. The summed E-state index contributed by atoms with van der Waals surface area (Å²) in [5.74, 6) is -0.327. The summed E-state index contributed by atoms with van der Waals surface area (Å²) in [5.41, 5.74) is 1.09. The van der Waals surface area contributed by atoms with Crippen LogP contribution in [0, 0.1) is 11.3 Å². The van der Waals surface area contributed by atoms with Crippen LogP contribution in [0.25, 0.3) is 11.8 Å². The number of thiophene rings is 1. The largest absolute Gasteiger partial charge is 0.351 e. The van der Waals surface area contributed by atoms with Crippen LogP contribution in [0.15, 0.2) is 35.7 Å². The second-order valence-corrected chi connectivity index (χ2v) is 5.05. The van der Waals surface area contributed by atoms with Gasteiger partial charge in [-0.15, -0.1) is 11.3 Å². The van der Waals surface area contributed by atoms with Gasteiger partial charge in [0.15, 0.2) is 0 Å². The molecule has 0 aliphatic heterocycles. The van der Waals surface area contributed by atoms with Gasteiger partial charge in [0.05, 0.1) is 12.0 Å². The Balaban J connectivity index is 2.17. The number of nitrogens with zero attached hydrogens (tertiary/aromatic N) is 3. The highest BCUT2D eigenvalue weighted by atomic mass is 32.1. The number of carbonyl (C=O) groups excluding carboxylic acids is 1. The van der Waals surface area contributed by atoms with Crippen molar-refractivity contribution < 1.29 is 4.79 Å². The fourth-order valence-electron chi connectivity index (χ4n) is 1.59. The summed E-state index contributed by atoms with van der Waals surface area (Å²) < 4.78 is 1.87. The van der Waals surface area contributed by atoms with Crippen molar-refractivity contribution in [2.75, 3.05) is 6.54 Å². The van der Waals surface area contributed by atoms with Gasteiger partial charge in [-0.3, -0.25) is 4.79 Å². The molecule has 20 heavy (non-hydrogen) atoms. The molecule has 0 bridgehead atoms. The standard InChI is InChI=1S/C14H14N4OS/c1-2-3-17-14(19)11(8-15)6-13-7-12(9-20-13)18-5-4-16-10-18/h4-7,9-10H,2-3H2,1H3,(H,17,19)/b11-6-. The van der Waals surface area contributed by atoms with Gasteiger partial charge in [0.2, 0.25) is 0 Å². The number of hydrogen-bond acceptors (Lipinski definition) is 4. The van der Waals surface area contributed by atoms with E-state index in [-0.39, 0.29) is 11.5 Å². The first-order valence-corrected chi connectivity index (χ1v) is 7.09. The molecule has 2 rings (SSSR count). The molecule has 0 saturated heterocycles. The predicted molar refractivity (Wildman–Crippen MR) is 78.3 cm³/mol. The maximum atomic E-state index is 11.8. The molecule has 0 saturated carbocycles. The molecule has 0 atom stereocenters. The van der Waals surface area contributed by atoms with Gasteiger partial charge >= 0.3 is 0 Å². The molecule has 0 fully saturated rings. The third-order valence-corrected chi connectivity index (χ3v) is 3.46. The number of imidazole rings is 1. The van der Waals surface area contributed by atoms with E-state index in [2.05, 4.69) is 10.3 Å². The number of hydrogen-bond donors (Lipinski definition) is 1. The Morgan fingerprint density at radius 3 is 3.15 bits per heavy atom. The summed E-state index contributed by atoms with van der Waals surface area (Å²) in [6.45, 7) is 2.54. The van der Waals surface area contributed by atoms with E-state index in [9.17, 15) is 4.79 Å². The van der Waals surface area contributed by atoms with E-state index in [0.29, 0.717) is 6.54 Å². The summed E-state index contributed by atoms with van der Waals surface area (Å²) >= 11 is 1.48. The molecular formula is C14H14N4OS. The lowest BCUT2D eigenvalue weighted by atomic mass is 10.2. The van der Waals surface area contributed by atoms with Crippen LogP contribution in [0.2, 0.25) is 0 Å². The molecule has 0 aromatic carbocycles. The van der Waals surface area contributed by atoms with Crippen LogP contribution in [0.3, 0.4) is 0 Å². The average Bonchev–Trinajstić information content (AvgIpc) is 3.12. The molecular weight excluding hydrogens is 272 g/mol. The number of rotatable bonds is 5. The van der Waals surface area contributed by atoms with Crippen LogP contribution in [0.4, 0.5) is 0 Å². The molecule has 6 heteroatoms. The van der Waals surface area contributed by atoms with Crippen LogP contribution in [-0.4, -0.2) is 22.0 Å². The Hall–Kier alpha value is -2.39. The van der Waals surface area contributed by atoms with Crippen LogP contribution in [0.5, 0.6) is 0 Å². The number of aromatic nitrogens is 2. The summed E-state index contributed by atoms with van der Waals surface area (Å²) in [7, 11) is 0. The zero-order valence-electron chi connectivity index (χ0n) is 11.0. The highest BCUT2D eigenvalue weighted by Crippen LogP contribution is 2.20. The summed E-state index contributed by atoms with van der Waals surface area (Å²) in [6.07, 6.45) is 7.69. The molecule has 5 nitrogen and oxygen atoms in total. The molecule has 0 aliphatic carbocycles.